The van der Waals surface area contributed by atoms with Gasteiger partial charge in [0.2, 0.25) is 5.91 Å². The fourth-order valence-electron chi connectivity index (χ4n) is 1.66. The molecule has 0 unspecified atom stereocenters. The van der Waals surface area contributed by atoms with Crippen molar-refractivity contribution in [3.63, 3.8) is 0 Å². The van der Waals surface area contributed by atoms with E-state index in [0.717, 1.165) is 6.54 Å². The highest BCUT2D eigenvalue weighted by molar-refractivity contribution is 5.86. The average Bonchev–Trinajstić information content (AvgIpc) is 1.95. The molecule has 4 heteroatoms. The van der Waals surface area contributed by atoms with Crippen molar-refractivity contribution in [3.8, 4) is 0 Å². The summed E-state index contributed by atoms with van der Waals surface area (Å²) >= 11 is 0. The molecule has 1 aliphatic carbocycles. The summed E-state index contributed by atoms with van der Waals surface area (Å²) in [6, 6.07) is 0. The van der Waals surface area contributed by atoms with E-state index in [0.29, 0.717) is 12.8 Å². The van der Waals surface area contributed by atoms with Crippen molar-refractivity contribution in [1.29, 1.82) is 0 Å². The molecule has 0 atom stereocenters. The van der Waals surface area contributed by atoms with Crippen LogP contribution in [-0.2, 0) is 9.53 Å². The third-order valence-corrected chi connectivity index (χ3v) is 2.47. The van der Waals surface area contributed by atoms with E-state index in [-0.39, 0.29) is 12.0 Å². The molecule has 1 amide bonds. The number of hydrogen-bond acceptors (Lipinski definition) is 3. The molecule has 3 N–H and O–H groups in total. The number of nitrogens with two attached hydrogens (primary N) is 1. The summed E-state index contributed by atoms with van der Waals surface area (Å²) in [5.41, 5.74) is 4.79. The van der Waals surface area contributed by atoms with Gasteiger partial charge in [-0.25, -0.2) is 0 Å². The number of primary amides is 1. The summed E-state index contributed by atoms with van der Waals surface area (Å²) in [6.07, 6.45) is 1.59. The molecule has 1 rings (SSSR count). The Bertz CT molecular complexity index is 176. The molecule has 0 spiro atoms. The Morgan fingerprint density at radius 2 is 2.33 bits per heavy atom. The molecule has 0 aliphatic heterocycles. The van der Waals surface area contributed by atoms with Crippen LogP contribution in [0.25, 0.3) is 0 Å². The van der Waals surface area contributed by atoms with Crippen LogP contribution in [0.3, 0.4) is 0 Å². The van der Waals surface area contributed by atoms with E-state index < -0.39 is 5.54 Å². The first-order chi connectivity index (χ1) is 5.64. The van der Waals surface area contributed by atoms with Crippen molar-refractivity contribution in [1.82, 2.24) is 5.32 Å². The number of hydrogen-bond donors (Lipinski definition) is 2. The zero-order chi connectivity index (χ0) is 9.19. The first-order valence-electron chi connectivity index (χ1n) is 4.22. The van der Waals surface area contributed by atoms with Crippen LogP contribution in [0.15, 0.2) is 0 Å². The lowest BCUT2D eigenvalue weighted by Gasteiger charge is -2.44. The summed E-state index contributed by atoms with van der Waals surface area (Å²) in [6.45, 7) is 2.73. The largest absolute Gasteiger partial charge is 0.381 e. The Balaban J connectivity index is 2.49. The summed E-state index contributed by atoms with van der Waals surface area (Å²) in [7, 11) is 1.65. The van der Waals surface area contributed by atoms with Crippen LogP contribution < -0.4 is 11.1 Å². The number of rotatable bonds is 4. The van der Waals surface area contributed by atoms with Crippen molar-refractivity contribution >= 4 is 5.91 Å². The van der Waals surface area contributed by atoms with E-state index in [1.54, 1.807) is 7.11 Å². The molecule has 0 saturated heterocycles. The molecule has 0 heterocycles. The SMILES string of the molecule is CCNC1(C(N)=O)CC(OC)C1. The maximum Gasteiger partial charge on any atom is 0.237 e. The number of carbonyl (C=O) groups excluding carboxylic acids is 1. The molecule has 0 aromatic rings. The highest BCUT2D eigenvalue weighted by Crippen LogP contribution is 2.33. The van der Waals surface area contributed by atoms with Gasteiger partial charge in [0.05, 0.1) is 6.10 Å². The Kier molecular flexibility index (Phi) is 2.69. The molecule has 0 aromatic heterocycles. The number of nitrogens with one attached hydrogen (secondary N) is 1. The molecule has 1 fully saturated rings. The summed E-state index contributed by atoms with van der Waals surface area (Å²) < 4.78 is 5.09. The molecule has 1 saturated carbocycles. The van der Waals surface area contributed by atoms with Gasteiger partial charge < -0.3 is 15.8 Å². The number of likely N-dealkylation sites (N-methyl/N-ethyl adjacent to an activating group) is 1. The second kappa shape index (κ2) is 3.41. The molecular formula is C8H16N2O2. The number of ether oxygens (including phenoxy) is 1. The van der Waals surface area contributed by atoms with Gasteiger partial charge in [-0.2, -0.15) is 0 Å². The van der Waals surface area contributed by atoms with Gasteiger partial charge in [-0.1, -0.05) is 6.92 Å². The highest BCUT2D eigenvalue weighted by atomic mass is 16.5. The first kappa shape index (κ1) is 9.48. The third-order valence-electron chi connectivity index (χ3n) is 2.47. The van der Waals surface area contributed by atoms with E-state index >= 15 is 0 Å². The van der Waals surface area contributed by atoms with E-state index in [4.69, 9.17) is 10.5 Å². The second-order valence-electron chi connectivity index (χ2n) is 3.24. The molecule has 12 heavy (non-hydrogen) atoms. The summed E-state index contributed by atoms with van der Waals surface area (Å²) in [4.78, 5) is 11.1. The Hall–Kier alpha value is -0.610. The van der Waals surface area contributed by atoms with Gasteiger partial charge in [-0.3, -0.25) is 4.79 Å². The zero-order valence-corrected chi connectivity index (χ0v) is 7.59. The summed E-state index contributed by atoms with van der Waals surface area (Å²) in [5, 5.41) is 3.10. The smallest absolute Gasteiger partial charge is 0.237 e. The molecule has 0 aromatic carbocycles. The van der Waals surface area contributed by atoms with Crippen molar-refractivity contribution in [2.75, 3.05) is 13.7 Å². The minimum atomic E-state index is -0.491. The van der Waals surface area contributed by atoms with Crippen LogP contribution in [-0.4, -0.2) is 31.2 Å². The van der Waals surface area contributed by atoms with Gasteiger partial charge in [0, 0.05) is 20.0 Å². The maximum atomic E-state index is 11.1. The van der Waals surface area contributed by atoms with Crippen molar-refractivity contribution in [2.24, 2.45) is 5.73 Å². The van der Waals surface area contributed by atoms with Crippen LogP contribution in [0.5, 0.6) is 0 Å². The van der Waals surface area contributed by atoms with E-state index in [9.17, 15) is 4.79 Å². The standard InChI is InChI=1S/C8H16N2O2/c1-3-10-8(7(9)11)4-6(5-8)12-2/h6,10H,3-5H2,1-2H3,(H2,9,11). The zero-order valence-electron chi connectivity index (χ0n) is 7.59. The van der Waals surface area contributed by atoms with E-state index in [2.05, 4.69) is 5.32 Å². The van der Waals surface area contributed by atoms with Crippen molar-refractivity contribution in [3.05, 3.63) is 0 Å². The molecule has 1 aliphatic rings. The minimum absolute atomic E-state index is 0.191. The van der Waals surface area contributed by atoms with Crippen LogP contribution >= 0.6 is 0 Å². The third kappa shape index (κ3) is 1.44. The lowest BCUT2D eigenvalue weighted by molar-refractivity contribution is -0.135. The van der Waals surface area contributed by atoms with Crippen molar-refractivity contribution < 1.29 is 9.53 Å². The Labute approximate surface area is 72.5 Å². The highest BCUT2D eigenvalue weighted by Gasteiger charge is 2.48. The monoisotopic (exact) mass is 172 g/mol. The van der Waals surface area contributed by atoms with Gasteiger partial charge in [0.25, 0.3) is 0 Å². The first-order valence-corrected chi connectivity index (χ1v) is 4.22. The fourth-order valence-corrected chi connectivity index (χ4v) is 1.66. The molecule has 0 radical (unpaired) electrons. The lowest BCUT2D eigenvalue weighted by Crippen LogP contribution is -2.65. The topological polar surface area (TPSA) is 64.3 Å². The Morgan fingerprint density at radius 3 is 2.67 bits per heavy atom. The predicted molar refractivity (Wildman–Crippen MR) is 45.6 cm³/mol. The molecular weight excluding hydrogens is 156 g/mol. The van der Waals surface area contributed by atoms with Gasteiger partial charge in [0.1, 0.15) is 5.54 Å². The van der Waals surface area contributed by atoms with Crippen LogP contribution in [0.2, 0.25) is 0 Å². The van der Waals surface area contributed by atoms with Crippen molar-refractivity contribution in [2.45, 2.75) is 31.4 Å². The molecule has 70 valence electrons. The van der Waals surface area contributed by atoms with Crippen LogP contribution in [0.4, 0.5) is 0 Å². The van der Waals surface area contributed by atoms with Gasteiger partial charge in [-0.05, 0) is 6.54 Å². The minimum Gasteiger partial charge on any atom is -0.381 e. The van der Waals surface area contributed by atoms with Gasteiger partial charge in [-0.15, -0.1) is 0 Å². The van der Waals surface area contributed by atoms with E-state index in [1.807, 2.05) is 6.92 Å². The average molecular weight is 172 g/mol. The normalized spacial score (nSPS) is 34.3. The van der Waals surface area contributed by atoms with E-state index in [1.165, 1.54) is 0 Å². The fraction of sp³-hybridized carbons (Fsp3) is 0.875. The number of amides is 1. The van der Waals surface area contributed by atoms with Gasteiger partial charge >= 0.3 is 0 Å². The quantitative estimate of drug-likeness (QED) is 0.608. The van der Waals surface area contributed by atoms with Crippen LogP contribution in [0, 0.1) is 0 Å². The lowest BCUT2D eigenvalue weighted by atomic mass is 9.73. The maximum absolute atomic E-state index is 11.1. The van der Waals surface area contributed by atoms with Crippen LogP contribution in [0.1, 0.15) is 19.8 Å². The number of carbonyl (C=O) groups is 1. The Morgan fingerprint density at radius 1 is 1.75 bits per heavy atom. The van der Waals surface area contributed by atoms with Gasteiger partial charge in [0.15, 0.2) is 0 Å². The second-order valence-corrected chi connectivity index (χ2v) is 3.24. The summed E-state index contributed by atoms with van der Waals surface area (Å²) in [5.74, 6) is -0.266. The number of methoxy groups -OCH3 is 1. The molecule has 4 nitrogen and oxygen atoms in total. The molecule has 0 bridgehead atoms. The predicted octanol–water partition coefficient (Wildman–Crippen LogP) is -0.371.